The summed E-state index contributed by atoms with van der Waals surface area (Å²) in [5.41, 5.74) is -0.189. The monoisotopic (exact) mass is 443 g/mol. The molecule has 1 fully saturated rings. The first-order valence-electron chi connectivity index (χ1n) is 8.86. The Labute approximate surface area is 169 Å². The maximum absolute atomic E-state index is 12.7. The number of rotatable bonds is 4. The average Bonchev–Trinajstić information content (AvgIpc) is 3.35. The maximum atomic E-state index is 12.7. The van der Waals surface area contributed by atoms with Gasteiger partial charge in [-0.25, -0.2) is 8.42 Å². The lowest BCUT2D eigenvalue weighted by atomic mass is 10.1. The van der Waals surface area contributed by atoms with E-state index < -0.39 is 21.8 Å². The summed E-state index contributed by atoms with van der Waals surface area (Å²) in [7, 11) is -3.85. The van der Waals surface area contributed by atoms with Crippen LogP contribution in [0.3, 0.4) is 0 Å². The second kappa shape index (κ2) is 7.52. The molecule has 1 aliphatic heterocycles. The highest BCUT2D eigenvalue weighted by Gasteiger charge is 2.32. The number of halogens is 3. The molecule has 3 heterocycles. The van der Waals surface area contributed by atoms with E-state index in [9.17, 15) is 21.6 Å². The van der Waals surface area contributed by atoms with Crippen molar-refractivity contribution in [3.05, 3.63) is 41.7 Å². The van der Waals surface area contributed by atoms with Gasteiger partial charge in [0.1, 0.15) is 5.76 Å². The topological polar surface area (TPSA) is 98.7 Å². The third kappa shape index (κ3) is 3.85. The summed E-state index contributed by atoms with van der Waals surface area (Å²) in [5.74, 6) is 0.316. The third-order valence-corrected chi connectivity index (χ3v) is 6.34. The molecule has 12 heteroatoms. The number of sulfonamides is 1. The van der Waals surface area contributed by atoms with Gasteiger partial charge < -0.3 is 13.7 Å². The molecule has 0 N–H and O–H groups in total. The van der Waals surface area contributed by atoms with Crippen LogP contribution in [0.15, 0.2) is 44.4 Å². The van der Waals surface area contributed by atoms with Crippen molar-refractivity contribution in [1.82, 2.24) is 14.4 Å². The van der Waals surface area contributed by atoms with Crippen LogP contribution in [0.2, 0.25) is 0 Å². The molecule has 3 aromatic rings. The molecule has 4 rings (SSSR count). The van der Waals surface area contributed by atoms with Crippen molar-refractivity contribution in [2.24, 2.45) is 0 Å². The van der Waals surface area contributed by atoms with Crippen molar-refractivity contribution in [2.45, 2.75) is 18.2 Å². The van der Waals surface area contributed by atoms with E-state index in [1.54, 1.807) is 6.92 Å². The first-order chi connectivity index (χ1) is 14.2. The van der Waals surface area contributed by atoms with E-state index in [-0.39, 0.29) is 41.2 Å². The van der Waals surface area contributed by atoms with Gasteiger partial charge in [0.25, 0.3) is 15.9 Å². The van der Waals surface area contributed by atoms with Crippen LogP contribution < -0.4 is 0 Å². The van der Waals surface area contributed by atoms with Crippen LogP contribution in [0, 0.1) is 6.92 Å². The number of furan rings is 1. The van der Waals surface area contributed by atoms with E-state index >= 15 is 0 Å². The molecule has 2 aromatic heterocycles. The molecule has 1 aliphatic rings. The maximum Gasteiger partial charge on any atom is 0.416 e. The summed E-state index contributed by atoms with van der Waals surface area (Å²) < 4.78 is 80.6. The number of nitrogens with zero attached hydrogens (tertiary/aromatic N) is 3. The van der Waals surface area contributed by atoms with Gasteiger partial charge in [-0.1, -0.05) is 17.3 Å². The molecule has 0 radical (unpaired) electrons. The molecule has 1 aromatic carbocycles. The molecule has 0 saturated carbocycles. The van der Waals surface area contributed by atoms with Crippen LogP contribution >= 0.6 is 0 Å². The zero-order valence-corrected chi connectivity index (χ0v) is 16.5. The zero-order chi connectivity index (χ0) is 21.5. The number of aryl methyl sites for hydroxylation is 1. The predicted octanol–water partition coefficient (Wildman–Crippen LogP) is 3.34. The Morgan fingerprint density at radius 2 is 1.77 bits per heavy atom. The first kappa shape index (κ1) is 20.6. The zero-order valence-electron chi connectivity index (χ0n) is 15.6. The van der Waals surface area contributed by atoms with Crippen molar-refractivity contribution in [3.63, 3.8) is 0 Å². The highest BCUT2D eigenvalue weighted by atomic mass is 32.2. The van der Waals surface area contributed by atoms with Crippen LogP contribution in [-0.4, -0.2) is 49.2 Å². The second-order valence-electron chi connectivity index (χ2n) is 6.55. The molecule has 30 heavy (non-hydrogen) atoms. The molecule has 8 nitrogen and oxygen atoms in total. The van der Waals surface area contributed by atoms with Gasteiger partial charge in [0.2, 0.25) is 10.9 Å². The van der Waals surface area contributed by atoms with Gasteiger partial charge in [0, 0.05) is 24.7 Å². The fraction of sp³-hybridized carbons (Fsp3) is 0.333. The number of benzene rings is 1. The normalized spacial score (nSPS) is 16.1. The predicted molar refractivity (Wildman–Crippen MR) is 96.8 cm³/mol. The first-order valence-corrected chi connectivity index (χ1v) is 10.3. The van der Waals surface area contributed by atoms with Crippen LogP contribution in [-0.2, 0) is 20.9 Å². The molecule has 0 unspecified atom stereocenters. The molecule has 0 amide bonds. The van der Waals surface area contributed by atoms with Crippen LogP contribution in [0.1, 0.15) is 11.3 Å². The van der Waals surface area contributed by atoms with Crippen LogP contribution in [0.5, 0.6) is 0 Å². The largest absolute Gasteiger partial charge is 0.448 e. The van der Waals surface area contributed by atoms with Gasteiger partial charge in [-0.05, 0) is 19.1 Å². The summed E-state index contributed by atoms with van der Waals surface area (Å²) in [6.45, 7) is 2.58. The Hall–Kier alpha value is -2.70. The molecule has 0 aliphatic carbocycles. The smallest absolute Gasteiger partial charge is 0.416 e. The molecule has 0 bridgehead atoms. The van der Waals surface area contributed by atoms with Crippen molar-refractivity contribution in [1.29, 1.82) is 0 Å². The van der Waals surface area contributed by atoms with E-state index in [2.05, 4.69) is 10.1 Å². The quantitative estimate of drug-likeness (QED) is 0.610. The van der Waals surface area contributed by atoms with Crippen molar-refractivity contribution in [3.8, 4) is 22.8 Å². The average molecular weight is 443 g/mol. The number of ether oxygens (including phenoxy) is 1. The molecule has 0 atom stereocenters. The lowest BCUT2D eigenvalue weighted by Gasteiger charge is -2.24. The SMILES string of the molecule is Cc1oc(S(=O)(=O)N2CCOCC2)cc1-c1nc(-c2ccc(C(F)(F)F)cc2)no1. The Bertz CT molecular complexity index is 1150. The molecular weight excluding hydrogens is 427 g/mol. The third-order valence-electron chi connectivity index (χ3n) is 4.59. The minimum absolute atomic E-state index is 0.00502. The Balaban J connectivity index is 1.61. The molecule has 160 valence electrons. The fourth-order valence-corrected chi connectivity index (χ4v) is 4.35. The van der Waals surface area contributed by atoms with Gasteiger partial charge in [0.15, 0.2) is 0 Å². The van der Waals surface area contributed by atoms with Crippen molar-refractivity contribution in [2.75, 3.05) is 26.3 Å². The summed E-state index contributed by atoms with van der Waals surface area (Å²) in [5, 5.41) is 3.51. The van der Waals surface area contributed by atoms with E-state index in [0.29, 0.717) is 18.8 Å². The lowest BCUT2D eigenvalue weighted by molar-refractivity contribution is -0.137. The van der Waals surface area contributed by atoms with Gasteiger partial charge in [-0.2, -0.15) is 22.5 Å². The summed E-state index contributed by atoms with van der Waals surface area (Å²) >= 11 is 0. The number of aromatic nitrogens is 2. The summed E-state index contributed by atoms with van der Waals surface area (Å²) in [6, 6.07) is 5.59. The van der Waals surface area contributed by atoms with Gasteiger partial charge in [0.05, 0.1) is 24.3 Å². The van der Waals surface area contributed by atoms with Gasteiger partial charge in [-0.3, -0.25) is 0 Å². The lowest BCUT2D eigenvalue weighted by Crippen LogP contribution is -2.40. The standard InChI is InChI=1S/C18H16F3N3O5S/c1-11-14(10-15(28-11)30(25,26)24-6-8-27-9-7-24)17-22-16(23-29-17)12-2-4-13(5-3-12)18(19,20)21/h2-5,10H,6-9H2,1H3. The molecule has 0 spiro atoms. The minimum Gasteiger partial charge on any atom is -0.448 e. The Kier molecular flexibility index (Phi) is 5.16. The van der Waals surface area contributed by atoms with E-state index in [4.69, 9.17) is 13.7 Å². The van der Waals surface area contributed by atoms with E-state index in [0.717, 1.165) is 12.1 Å². The van der Waals surface area contributed by atoms with Crippen molar-refractivity contribution >= 4 is 10.0 Å². The highest BCUT2D eigenvalue weighted by molar-refractivity contribution is 7.89. The highest BCUT2D eigenvalue weighted by Crippen LogP contribution is 2.33. The Morgan fingerprint density at radius 1 is 1.10 bits per heavy atom. The van der Waals surface area contributed by atoms with Crippen molar-refractivity contribution < 1.29 is 35.3 Å². The number of morpholine rings is 1. The second-order valence-corrected chi connectivity index (χ2v) is 8.42. The Morgan fingerprint density at radius 3 is 2.40 bits per heavy atom. The number of alkyl halides is 3. The van der Waals surface area contributed by atoms with Gasteiger partial charge >= 0.3 is 6.18 Å². The van der Waals surface area contributed by atoms with Crippen LogP contribution in [0.4, 0.5) is 13.2 Å². The molecule has 1 saturated heterocycles. The molecular formula is C18H16F3N3O5S. The number of hydrogen-bond acceptors (Lipinski definition) is 7. The van der Waals surface area contributed by atoms with E-state index in [1.165, 1.54) is 22.5 Å². The summed E-state index contributed by atoms with van der Waals surface area (Å²) in [4.78, 5) is 4.16. The van der Waals surface area contributed by atoms with Gasteiger partial charge in [-0.15, -0.1) is 0 Å². The summed E-state index contributed by atoms with van der Waals surface area (Å²) in [6.07, 6.45) is -4.45. The van der Waals surface area contributed by atoms with Crippen LogP contribution in [0.25, 0.3) is 22.8 Å². The van der Waals surface area contributed by atoms with E-state index in [1.807, 2.05) is 0 Å². The minimum atomic E-state index is -4.45. The fourth-order valence-electron chi connectivity index (χ4n) is 2.97. The number of hydrogen-bond donors (Lipinski definition) is 0.